The molecule has 0 aliphatic heterocycles. The van der Waals surface area contributed by atoms with Gasteiger partial charge in [-0.1, -0.05) is 0 Å². The van der Waals surface area contributed by atoms with Gasteiger partial charge in [-0.3, -0.25) is 0 Å². The number of allylic oxidation sites excluding steroid dienone is 4. The molecule has 0 fully saturated rings. The average Bonchev–Trinajstić information content (AvgIpc) is 2.12. The molecule has 0 spiro atoms. The summed E-state index contributed by atoms with van der Waals surface area (Å²) >= 11 is -1.05. The summed E-state index contributed by atoms with van der Waals surface area (Å²) in [5.74, 6) is 0. The minimum absolute atomic E-state index is 0. The molecule has 0 aromatic heterocycles. The zero-order valence-electron chi connectivity index (χ0n) is 5.85. The monoisotopic (exact) mass is 311 g/mol. The topological polar surface area (TPSA) is 0 Å². The number of hydrogen-bond donors (Lipinski definition) is 0. The van der Waals surface area contributed by atoms with E-state index in [0.717, 1.165) is 0 Å². The molecule has 0 unspecified atom stereocenters. The molecule has 0 bridgehead atoms. The van der Waals surface area contributed by atoms with E-state index in [1.807, 2.05) is 0 Å². The molecule has 0 aromatic carbocycles. The van der Waals surface area contributed by atoms with Crippen molar-refractivity contribution in [3.8, 4) is 0 Å². The van der Waals surface area contributed by atoms with Gasteiger partial charge in [-0.15, -0.1) is 12.4 Å². The van der Waals surface area contributed by atoms with Crippen LogP contribution in [0.3, 0.4) is 0 Å². The molecule has 2 heteroatoms. The first-order valence-corrected chi connectivity index (χ1v) is 11.9. The van der Waals surface area contributed by atoms with Gasteiger partial charge in [0.15, 0.2) is 0 Å². The van der Waals surface area contributed by atoms with Gasteiger partial charge in [0.25, 0.3) is 0 Å². The Morgan fingerprint density at radius 1 is 1.44 bits per heavy atom. The zero-order valence-corrected chi connectivity index (χ0v) is 10.3. The molecule has 51 valence electrons. The molecule has 0 amide bonds. The summed E-state index contributed by atoms with van der Waals surface area (Å²) in [7, 11) is 0. The predicted octanol–water partition coefficient (Wildman–Crippen LogP) is 2.97. The fraction of sp³-hybridized carbons (Fsp3) is 0.429. The van der Waals surface area contributed by atoms with E-state index in [-0.39, 0.29) is 12.4 Å². The van der Waals surface area contributed by atoms with Gasteiger partial charge in [0.05, 0.1) is 0 Å². The van der Waals surface area contributed by atoms with Crippen molar-refractivity contribution in [1.82, 2.24) is 0 Å². The molecule has 0 saturated heterocycles. The molecule has 1 rings (SSSR count). The van der Waals surface area contributed by atoms with Gasteiger partial charge in [-0.25, -0.2) is 0 Å². The molecule has 1 aliphatic rings. The Bertz CT molecular complexity index is 136. The van der Waals surface area contributed by atoms with Gasteiger partial charge in [-0.2, -0.15) is 0 Å². The fourth-order valence-electron chi connectivity index (χ4n) is 0.818. The first-order valence-electron chi connectivity index (χ1n) is 2.97. The molecule has 0 heterocycles. The van der Waals surface area contributed by atoms with E-state index in [2.05, 4.69) is 27.6 Å². The van der Waals surface area contributed by atoms with Gasteiger partial charge >= 0.3 is 58.8 Å². The molecule has 0 nitrogen and oxygen atoms in total. The van der Waals surface area contributed by atoms with E-state index >= 15 is 0 Å². The van der Waals surface area contributed by atoms with Crippen molar-refractivity contribution in [1.29, 1.82) is 0 Å². The third-order valence-corrected chi connectivity index (χ3v) is 7.36. The van der Waals surface area contributed by atoms with Crippen molar-refractivity contribution in [2.24, 2.45) is 0 Å². The molecular weight excluding hydrogens is 298 g/mol. The van der Waals surface area contributed by atoms with Gasteiger partial charge in [0.1, 0.15) is 0 Å². The summed E-state index contributed by atoms with van der Waals surface area (Å²) < 4.78 is 6.67. The Kier molecular flexibility index (Phi) is 4.77. The summed E-state index contributed by atoms with van der Waals surface area (Å²) in [6.45, 7) is 0. The second-order valence-corrected chi connectivity index (χ2v) is 11.8. The summed E-state index contributed by atoms with van der Waals surface area (Å²) in [6, 6.07) is 0. The third kappa shape index (κ3) is 2.81. The zero-order chi connectivity index (χ0) is 5.98. The normalized spacial score (nSPS) is 14.7. The standard InChI is InChI=1S/C5H5.2CH3.ClH.Hf/c1-2-4-5-3-1;;;;/h1-3H,4H2;2*1H3;1H;. The average molecular weight is 310 g/mol. The Balaban J connectivity index is 0.000000640. The second-order valence-electron chi connectivity index (χ2n) is 2.32. The Hall–Kier alpha value is 0.640. The number of halogens is 1. The van der Waals surface area contributed by atoms with Crippen molar-refractivity contribution in [2.75, 3.05) is 0 Å². The first-order chi connectivity index (χ1) is 3.80. The quantitative estimate of drug-likeness (QED) is 0.653. The molecular formula is C7H12ClHf. The fourth-order valence-corrected chi connectivity index (χ4v) is 4.25. The van der Waals surface area contributed by atoms with Crippen LogP contribution in [0, 0.1) is 0 Å². The summed E-state index contributed by atoms with van der Waals surface area (Å²) in [5.41, 5.74) is 0. The van der Waals surface area contributed by atoms with Crippen molar-refractivity contribution in [3.05, 3.63) is 21.6 Å². The number of hydrogen-bond acceptors (Lipinski definition) is 0. The maximum atomic E-state index is 2.45. The van der Waals surface area contributed by atoms with Crippen LogP contribution in [0.5, 0.6) is 0 Å². The molecule has 0 saturated carbocycles. The van der Waals surface area contributed by atoms with Gasteiger partial charge < -0.3 is 0 Å². The van der Waals surface area contributed by atoms with Crippen molar-refractivity contribution < 1.29 is 21.4 Å². The van der Waals surface area contributed by atoms with Crippen LogP contribution in [0.2, 0.25) is 9.36 Å². The van der Waals surface area contributed by atoms with E-state index in [1.54, 1.807) is 3.33 Å². The summed E-state index contributed by atoms with van der Waals surface area (Å²) in [6.07, 6.45) is 8.02. The summed E-state index contributed by atoms with van der Waals surface area (Å²) in [4.78, 5) is 0. The Labute approximate surface area is 71.0 Å². The van der Waals surface area contributed by atoms with Crippen molar-refractivity contribution in [3.63, 3.8) is 0 Å². The van der Waals surface area contributed by atoms with Crippen LogP contribution in [-0.4, -0.2) is 0 Å². The molecule has 0 atom stereocenters. The predicted molar refractivity (Wildman–Crippen MR) is 40.8 cm³/mol. The van der Waals surface area contributed by atoms with E-state index < -0.39 is 21.4 Å². The number of rotatable bonds is 1. The molecule has 9 heavy (non-hydrogen) atoms. The van der Waals surface area contributed by atoms with E-state index in [4.69, 9.17) is 0 Å². The third-order valence-electron chi connectivity index (χ3n) is 1.41. The van der Waals surface area contributed by atoms with E-state index in [9.17, 15) is 0 Å². The van der Waals surface area contributed by atoms with Gasteiger partial charge in [0.2, 0.25) is 0 Å². The van der Waals surface area contributed by atoms with Gasteiger partial charge in [0, 0.05) is 0 Å². The van der Waals surface area contributed by atoms with Crippen molar-refractivity contribution in [2.45, 2.75) is 15.8 Å². The Morgan fingerprint density at radius 3 is 2.33 bits per heavy atom. The SMILES string of the molecule is Cl.[CH3][Hf]([CH3])[C]1=CC=CC1. The molecule has 0 aromatic rings. The van der Waals surface area contributed by atoms with E-state index in [1.165, 1.54) is 6.42 Å². The first kappa shape index (κ1) is 9.64. The van der Waals surface area contributed by atoms with Crippen LogP contribution >= 0.6 is 12.4 Å². The Morgan fingerprint density at radius 2 is 2.11 bits per heavy atom. The van der Waals surface area contributed by atoms with E-state index in [0.29, 0.717) is 0 Å². The van der Waals surface area contributed by atoms with Crippen LogP contribution in [-0.2, 0) is 21.4 Å². The molecule has 0 radical (unpaired) electrons. The van der Waals surface area contributed by atoms with Crippen LogP contribution in [0.25, 0.3) is 0 Å². The maximum absolute atomic E-state index is 2.45. The van der Waals surface area contributed by atoms with Crippen LogP contribution < -0.4 is 0 Å². The van der Waals surface area contributed by atoms with Crippen LogP contribution in [0.1, 0.15) is 6.42 Å². The second kappa shape index (κ2) is 4.45. The van der Waals surface area contributed by atoms with Crippen molar-refractivity contribution >= 4 is 12.4 Å². The molecule has 0 N–H and O–H groups in total. The van der Waals surface area contributed by atoms with Gasteiger partial charge in [-0.05, 0) is 0 Å². The molecule has 1 aliphatic carbocycles. The van der Waals surface area contributed by atoms with Crippen LogP contribution in [0.15, 0.2) is 21.6 Å². The van der Waals surface area contributed by atoms with Crippen LogP contribution in [0.4, 0.5) is 0 Å². The minimum atomic E-state index is -1.05. The summed E-state index contributed by atoms with van der Waals surface area (Å²) in [5, 5.41) is 0.